The third-order valence-electron chi connectivity index (χ3n) is 14.1. The predicted octanol–water partition coefficient (Wildman–Crippen LogP) is 9.80. The Kier molecular flexibility index (Phi) is 11.3. The minimum atomic E-state index is -1.18. The summed E-state index contributed by atoms with van der Waals surface area (Å²) in [5, 5.41) is 21.2. The number of amides is 6. The summed E-state index contributed by atoms with van der Waals surface area (Å²) >= 11 is 2.91. The fourth-order valence-electron chi connectivity index (χ4n) is 10.8. The Hall–Kier alpha value is -7.40. The molecule has 4 aromatic rings. The highest BCUT2D eigenvalue weighted by Crippen LogP contribution is 2.70. The van der Waals surface area contributed by atoms with Gasteiger partial charge in [-0.3, -0.25) is 19.2 Å². The second kappa shape index (κ2) is 17.4. The first kappa shape index (κ1) is 44.4. The number of allylic oxidation sites excluding steroid dienone is 2. The number of rotatable bonds is 6. The van der Waals surface area contributed by atoms with Gasteiger partial charge in [-0.25, -0.2) is 19.6 Å². The molecule has 0 bridgehead atoms. The molecule has 340 valence electrons. The highest BCUT2D eigenvalue weighted by atomic mass is 32.1. The van der Waals surface area contributed by atoms with Crippen LogP contribution in [0.1, 0.15) is 120 Å². The number of benzene rings is 2. The van der Waals surface area contributed by atoms with E-state index in [4.69, 9.17) is 19.4 Å². The first-order valence-corrected chi connectivity index (χ1v) is 24.2. The average molecular weight is 943 g/mol. The Morgan fingerprint density at radius 2 is 0.971 bits per heavy atom. The van der Waals surface area contributed by atoms with Crippen molar-refractivity contribution < 1.29 is 38.2 Å². The van der Waals surface area contributed by atoms with Gasteiger partial charge in [-0.15, -0.1) is 22.7 Å². The van der Waals surface area contributed by atoms with Crippen LogP contribution in [0.4, 0.5) is 9.59 Å². The summed E-state index contributed by atoms with van der Waals surface area (Å²) in [5.74, 6) is -3.88. The van der Waals surface area contributed by atoms with E-state index in [1.54, 1.807) is 60.7 Å². The van der Waals surface area contributed by atoms with Crippen LogP contribution >= 0.6 is 22.7 Å². The van der Waals surface area contributed by atoms with Crippen LogP contribution in [0.5, 0.6) is 0 Å². The van der Waals surface area contributed by atoms with Crippen LogP contribution in [0.15, 0.2) is 94.1 Å². The molecule has 2 fully saturated rings. The van der Waals surface area contributed by atoms with Crippen LogP contribution in [0.25, 0.3) is 23.3 Å². The quantitative estimate of drug-likeness (QED) is 0.131. The molecule has 2 saturated carbocycles. The number of carbonyl (C=O) groups excluding carboxylic acids is 6. The van der Waals surface area contributed by atoms with E-state index in [2.05, 4.69) is 0 Å². The SMILES string of the molecule is CC1=C(C#N)C(=O)N(C(=O)OCc2ccccc2)C(=O)/C1=C/c1nc2c(s1)C1=C(c3sc(/C=C4/C(=O)N(C(=O)OCc5ccccc5)C(=O)C(C#N)=C4C)nc3C13CCCCC3)C21CCCCC1. The molecule has 2 aliphatic heterocycles. The molecule has 6 amide bonds. The molecule has 0 radical (unpaired) electrons. The zero-order valence-corrected chi connectivity index (χ0v) is 38.8. The van der Waals surface area contributed by atoms with Crippen molar-refractivity contribution in [1.29, 1.82) is 10.5 Å². The van der Waals surface area contributed by atoms with Crippen molar-refractivity contribution >= 4 is 81.8 Å². The van der Waals surface area contributed by atoms with E-state index in [1.165, 1.54) is 47.7 Å². The van der Waals surface area contributed by atoms with Crippen LogP contribution < -0.4 is 0 Å². The topological polar surface area (TPSA) is 201 Å². The molecule has 10 rings (SSSR count). The lowest BCUT2D eigenvalue weighted by atomic mass is 9.68. The van der Waals surface area contributed by atoms with Gasteiger partial charge >= 0.3 is 12.2 Å². The van der Waals surface area contributed by atoms with Gasteiger partial charge in [0.1, 0.15) is 46.5 Å². The number of imide groups is 6. The smallest absolute Gasteiger partial charge is 0.424 e. The Morgan fingerprint density at radius 1 is 0.603 bits per heavy atom. The molecule has 4 heterocycles. The maximum atomic E-state index is 14.1. The van der Waals surface area contributed by atoms with Gasteiger partial charge in [-0.05, 0) is 85.1 Å². The van der Waals surface area contributed by atoms with E-state index in [1.807, 2.05) is 24.3 Å². The van der Waals surface area contributed by atoms with Gasteiger partial charge < -0.3 is 9.47 Å². The molecule has 2 aromatic heterocycles. The number of ether oxygens (including phenoxy) is 2. The number of hydrogen-bond acceptors (Lipinski definition) is 14. The summed E-state index contributed by atoms with van der Waals surface area (Å²) < 4.78 is 10.8. The summed E-state index contributed by atoms with van der Waals surface area (Å²) in [4.78, 5) is 95.4. The number of nitrogens with zero attached hydrogens (tertiary/aromatic N) is 6. The normalized spacial score (nSPS) is 20.6. The van der Waals surface area contributed by atoms with Gasteiger partial charge in [-0.1, -0.05) is 99.2 Å². The Morgan fingerprint density at radius 3 is 1.32 bits per heavy atom. The molecule has 2 aromatic carbocycles. The van der Waals surface area contributed by atoms with E-state index in [0.717, 1.165) is 85.4 Å². The molecule has 0 N–H and O–H groups in total. The molecule has 0 saturated heterocycles. The highest BCUT2D eigenvalue weighted by Gasteiger charge is 2.60. The number of hydrogen-bond donors (Lipinski definition) is 0. The number of nitriles is 2. The molecule has 14 nitrogen and oxygen atoms in total. The van der Waals surface area contributed by atoms with Crippen LogP contribution in [0, 0.1) is 22.7 Å². The van der Waals surface area contributed by atoms with Crippen molar-refractivity contribution in [2.45, 2.75) is 102 Å². The van der Waals surface area contributed by atoms with E-state index in [-0.39, 0.29) is 46.7 Å². The maximum Gasteiger partial charge on any atom is 0.424 e. The minimum Gasteiger partial charge on any atom is -0.444 e. The fourth-order valence-corrected chi connectivity index (χ4v) is 13.3. The Balaban J connectivity index is 1.04. The highest BCUT2D eigenvalue weighted by molar-refractivity contribution is 7.15. The van der Waals surface area contributed by atoms with Gasteiger partial charge in [0.2, 0.25) is 0 Å². The van der Waals surface area contributed by atoms with E-state index < -0.39 is 46.6 Å². The zero-order valence-electron chi connectivity index (χ0n) is 37.2. The second-order valence-electron chi connectivity index (χ2n) is 17.8. The largest absolute Gasteiger partial charge is 0.444 e. The summed E-state index contributed by atoms with van der Waals surface area (Å²) in [6, 6.07) is 21.5. The van der Waals surface area contributed by atoms with Gasteiger partial charge in [0, 0.05) is 22.0 Å². The Labute approximate surface area is 399 Å². The van der Waals surface area contributed by atoms with Crippen molar-refractivity contribution in [2.75, 3.05) is 0 Å². The third kappa shape index (κ3) is 7.00. The Bertz CT molecular complexity index is 2940. The van der Waals surface area contributed by atoms with Gasteiger partial charge in [0.05, 0.1) is 21.1 Å². The fraction of sp³-hybridized carbons (Fsp3) is 0.308. The van der Waals surface area contributed by atoms with Crippen molar-refractivity contribution in [3.05, 3.63) is 136 Å². The van der Waals surface area contributed by atoms with Gasteiger partial charge in [-0.2, -0.15) is 20.3 Å². The zero-order chi connectivity index (χ0) is 47.5. The van der Waals surface area contributed by atoms with E-state index in [9.17, 15) is 39.3 Å². The van der Waals surface area contributed by atoms with Gasteiger partial charge in [0.15, 0.2) is 0 Å². The van der Waals surface area contributed by atoms with E-state index >= 15 is 0 Å². The molecular weight excluding hydrogens is 901 g/mol. The molecule has 2 spiro atoms. The third-order valence-corrected chi connectivity index (χ3v) is 16.1. The molecule has 6 aliphatic rings. The summed E-state index contributed by atoms with van der Waals surface area (Å²) in [6.45, 7) is 2.69. The molecule has 16 heteroatoms. The summed E-state index contributed by atoms with van der Waals surface area (Å²) in [5.41, 5.74) is 4.21. The summed E-state index contributed by atoms with van der Waals surface area (Å²) in [6.07, 6.45) is 10.0. The molecule has 4 aliphatic carbocycles. The molecule has 68 heavy (non-hydrogen) atoms. The first-order valence-electron chi connectivity index (χ1n) is 22.6. The molecule has 0 unspecified atom stereocenters. The van der Waals surface area contributed by atoms with Crippen molar-refractivity contribution in [1.82, 2.24) is 19.8 Å². The maximum absolute atomic E-state index is 14.1. The van der Waals surface area contributed by atoms with Crippen molar-refractivity contribution in [3.63, 3.8) is 0 Å². The van der Waals surface area contributed by atoms with Crippen LogP contribution in [-0.2, 0) is 52.7 Å². The lowest BCUT2D eigenvalue weighted by Gasteiger charge is -2.35. The number of fused-ring (bicyclic) bond motifs is 8. The van der Waals surface area contributed by atoms with Crippen LogP contribution in [-0.4, -0.2) is 55.6 Å². The predicted molar refractivity (Wildman–Crippen MR) is 250 cm³/mol. The first-order chi connectivity index (χ1) is 32.9. The average Bonchev–Trinajstić information content (AvgIpc) is 4.09. The standard InChI is InChI=1S/C52H42N6O8S2/c1-29-33(45(59)57(47(61)35(29)25-53)49(63)65-27-31-15-7-3-8-16-31)23-37-55-43-41(67-37)39-40(51(43)19-11-5-12-20-51)42-44(52(39)21-13-6-14-22-52)56-38(68-42)24-34-30(2)36(26-54)48(62)58(46(34)60)50(64)66-28-32-17-9-4-10-18-32/h3-4,7-10,15-18,23-24H,5-6,11-14,19-22,27-28H2,1-2H3/b33-23+,34-24+. The van der Waals surface area contributed by atoms with Crippen LogP contribution in [0.2, 0.25) is 0 Å². The number of aromatic nitrogens is 2. The van der Waals surface area contributed by atoms with Gasteiger partial charge in [0.25, 0.3) is 23.6 Å². The van der Waals surface area contributed by atoms with E-state index in [0.29, 0.717) is 30.9 Å². The lowest BCUT2D eigenvalue weighted by molar-refractivity contribution is -0.140. The van der Waals surface area contributed by atoms with Crippen molar-refractivity contribution in [2.24, 2.45) is 0 Å². The monoisotopic (exact) mass is 942 g/mol. The number of thiazole rings is 2. The molecule has 0 atom stereocenters. The molecular formula is C52H42N6O8S2. The minimum absolute atomic E-state index is 0.000249. The second-order valence-corrected chi connectivity index (χ2v) is 19.9. The summed E-state index contributed by atoms with van der Waals surface area (Å²) in [7, 11) is 0. The lowest BCUT2D eigenvalue weighted by Crippen LogP contribution is -2.46. The van der Waals surface area contributed by atoms with Crippen molar-refractivity contribution in [3.8, 4) is 12.1 Å². The number of carbonyl (C=O) groups is 6. The van der Waals surface area contributed by atoms with Crippen LogP contribution in [0.3, 0.4) is 0 Å².